The van der Waals surface area contributed by atoms with Gasteiger partial charge in [-0.1, -0.05) is 12.8 Å². The minimum atomic E-state index is 0.290. The summed E-state index contributed by atoms with van der Waals surface area (Å²) in [6.45, 7) is 3.23. The quantitative estimate of drug-likeness (QED) is 0.582. The lowest BCUT2D eigenvalue weighted by Crippen LogP contribution is -2.34. The van der Waals surface area contributed by atoms with Crippen LogP contribution in [-0.4, -0.2) is 18.0 Å². The molecule has 1 N–H and O–H groups in total. The van der Waals surface area contributed by atoms with E-state index in [0.717, 1.165) is 6.54 Å². The Hall–Kier alpha value is 0.250. The molecule has 1 nitrogen and oxygen atoms in total. The zero-order chi connectivity index (χ0) is 7.40. The van der Waals surface area contributed by atoms with Crippen molar-refractivity contribution >= 4 is 11.6 Å². The molecule has 0 saturated carbocycles. The summed E-state index contributed by atoms with van der Waals surface area (Å²) >= 11 is 5.97. The second kappa shape index (κ2) is 4.20. The Bertz CT molecular complexity index is 85.3. The molecule has 10 heavy (non-hydrogen) atoms. The van der Waals surface area contributed by atoms with Crippen LogP contribution in [0.3, 0.4) is 0 Å². The number of nitrogens with one attached hydrogen (secondary N) is 1. The predicted molar refractivity (Wildman–Crippen MR) is 45.6 cm³/mol. The van der Waals surface area contributed by atoms with E-state index in [1.807, 2.05) is 0 Å². The molecule has 0 aromatic heterocycles. The van der Waals surface area contributed by atoms with Crippen LogP contribution in [-0.2, 0) is 0 Å². The molecule has 60 valence electrons. The summed E-state index contributed by atoms with van der Waals surface area (Å²) in [6.07, 6.45) is 5.28. The van der Waals surface area contributed by atoms with Gasteiger partial charge >= 0.3 is 0 Å². The molecule has 2 unspecified atom stereocenters. The van der Waals surface area contributed by atoms with Gasteiger partial charge in [-0.3, -0.25) is 0 Å². The number of hydrogen-bond acceptors (Lipinski definition) is 1. The van der Waals surface area contributed by atoms with Crippen LogP contribution in [0.2, 0.25) is 0 Å². The second-order valence-corrected chi connectivity index (χ2v) is 3.78. The molecule has 1 aliphatic rings. The van der Waals surface area contributed by atoms with E-state index >= 15 is 0 Å². The van der Waals surface area contributed by atoms with Crippen molar-refractivity contribution in [3.63, 3.8) is 0 Å². The van der Waals surface area contributed by atoms with Crippen LogP contribution in [0.25, 0.3) is 0 Å². The molecule has 1 heterocycles. The van der Waals surface area contributed by atoms with Crippen LogP contribution >= 0.6 is 11.6 Å². The van der Waals surface area contributed by atoms with Crippen LogP contribution < -0.4 is 5.32 Å². The van der Waals surface area contributed by atoms with Gasteiger partial charge in [0.1, 0.15) is 0 Å². The van der Waals surface area contributed by atoms with Gasteiger partial charge in [-0.25, -0.2) is 0 Å². The van der Waals surface area contributed by atoms with Gasteiger partial charge in [-0.2, -0.15) is 0 Å². The third-order valence-corrected chi connectivity index (χ3v) is 2.46. The van der Waals surface area contributed by atoms with Crippen LogP contribution in [0.1, 0.15) is 32.6 Å². The first kappa shape index (κ1) is 8.35. The Labute approximate surface area is 68.1 Å². The van der Waals surface area contributed by atoms with Crippen LogP contribution in [0.4, 0.5) is 0 Å². The fourth-order valence-corrected chi connectivity index (χ4v) is 1.66. The van der Waals surface area contributed by atoms with E-state index in [4.69, 9.17) is 11.6 Å². The molecule has 2 heteroatoms. The first-order valence-electron chi connectivity index (χ1n) is 4.18. The van der Waals surface area contributed by atoms with Gasteiger partial charge in [0.2, 0.25) is 0 Å². The summed E-state index contributed by atoms with van der Waals surface area (Å²) in [5, 5.41) is 3.74. The number of halogens is 1. The van der Waals surface area contributed by atoms with Crippen molar-refractivity contribution in [3.05, 3.63) is 0 Å². The van der Waals surface area contributed by atoms with Crippen molar-refractivity contribution in [1.29, 1.82) is 0 Å². The average molecular weight is 162 g/mol. The van der Waals surface area contributed by atoms with Gasteiger partial charge in [0.25, 0.3) is 0 Å². The van der Waals surface area contributed by atoms with Crippen molar-refractivity contribution in [2.75, 3.05) is 6.54 Å². The van der Waals surface area contributed by atoms with Crippen molar-refractivity contribution in [3.8, 4) is 0 Å². The second-order valence-electron chi connectivity index (χ2n) is 3.09. The molecule has 0 aromatic rings. The third kappa shape index (κ3) is 2.47. The number of alkyl halides is 1. The average Bonchev–Trinajstić information content (AvgIpc) is 2.12. The maximum atomic E-state index is 5.97. The highest BCUT2D eigenvalue weighted by molar-refractivity contribution is 6.20. The molecular weight excluding hydrogens is 146 g/mol. The van der Waals surface area contributed by atoms with E-state index in [1.165, 1.54) is 25.7 Å². The fourth-order valence-electron chi connectivity index (χ4n) is 1.45. The fraction of sp³-hybridized carbons (Fsp3) is 1.00. The summed E-state index contributed by atoms with van der Waals surface area (Å²) < 4.78 is 0. The van der Waals surface area contributed by atoms with Gasteiger partial charge in [0.05, 0.1) is 0 Å². The molecule has 1 fully saturated rings. The van der Waals surface area contributed by atoms with Gasteiger partial charge in [-0.15, -0.1) is 11.6 Å². The molecule has 1 rings (SSSR count). The number of rotatable bonds is 1. The monoisotopic (exact) mass is 161 g/mol. The normalized spacial score (nSPS) is 31.2. The Morgan fingerprint density at radius 1 is 1.40 bits per heavy atom. The SMILES string of the molecule is CC(Cl)C1CCCCCN1. The summed E-state index contributed by atoms with van der Waals surface area (Å²) in [5.41, 5.74) is 0. The molecule has 2 atom stereocenters. The molecule has 0 amide bonds. The largest absolute Gasteiger partial charge is 0.313 e. The van der Waals surface area contributed by atoms with E-state index in [2.05, 4.69) is 12.2 Å². The van der Waals surface area contributed by atoms with Gasteiger partial charge in [0.15, 0.2) is 0 Å². The van der Waals surface area contributed by atoms with Crippen molar-refractivity contribution in [1.82, 2.24) is 5.32 Å². The first-order chi connectivity index (χ1) is 4.80. The van der Waals surface area contributed by atoms with Crippen LogP contribution in [0.15, 0.2) is 0 Å². The lowest BCUT2D eigenvalue weighted by atomic mass is 10.1. The standard InChI is InChI=1S/C8H16ClN/c1-7(9)8-5-3-2-4-6-10-8/h7-8,10H,2-6H2,1H3. The zero-order valence-electron chi connectivity index (χ0n) is 6.57. The Balaban J connectivity index is 2.28. The maximum absolute atomic E-state index is 5.97. The molecule has 0 radical (unpaired) electrons. The molecule has 1 aliphatic heterocycles. The van der Waals surface area contributed by atoms with Crippen molar-refractivity contribution in [2.24, 2.45) is 0 Å². The summed E-state index contributed by atoms with van der Waals surface area (Å²) in [7, 11) is 0. The van der Waals surface area contributed by atoms with Crippen molar-refractivity contribution < 1.29 is 0 Å². The molecule has 0 aliphatic carbocycles. The molecule has 0 aromatic carbocycles. The first-order valence-corrected chi connectivity index (χ1v) is 4.62. The van der Waals surface area contributed by atoms with Crippen molar-refractivity contribution in [2.45, 2.75) is 44.0 Å². The van der Waals surface area contributed by atoms with E-state index < -0.39 is 0 Å². The third-order valence-electron chi connectivity index (χ3n) is 2.15. The molecule has 0 bridgehead atoms. The van der Waals surface area contributed by atoms with Crippen LogP contribution in [0.5, 0.6) is 0 Å². The Morgan fingerprint density at radius 3 is 2.90 bits per heavy atom. The lowest BCUT2D eigenvalue weighted by molar-refractivity contribution is 0.502. The maximum Gasteiger partial charge on any atom is 0.0461 e. The zero-order valence-corrected chi connectivity index (χ0v) is 7.32. The molecular formula is C8H16ClN. The van der Waals surface area contributed by atoms with Gasteiger partial charge in [-0.05, 0) is 26.3 Å². The van der Waals surface area contributed by atoms with Gasteiger partial charge in [0, 0.05) is 11.4 Å². The number of hydrogen-bond donors (Lipinski definition) is 1. The van der Waals surface area contributed by atoms with E-state index in [0.29, 0.717) is 6.04 Å². The summed E-state index contributed by atoms with van der Waals surface area (Å²) in [4.78, 5) is 0. The van der Waals surface area contributed by atoms with E-state index in [-0.39, 0.29) is 5.38 Å². The lowest BCUT2D eigenvalue weighted by Gasteiger charge is -2.17. The minimum absolute atomic E-state index is 0.290. The van der Waals surface area contributed by atoms with Crippen LogP contribution in [0, 0.1) is 0 Å². The minimum Gasteiger partial charge on any atom is -0.313 e. The van der Waals surface area contributed by atoms with E-state index in [9.17, 15) is 0 Å². The molecule has 1 saturated heterocycles. The smallest absolute Gasteiger partial charge is 0.0461 e. The summed E-state index contributed by atoms with van der Waals surface area (Å²) in [6, 6.07) is 0.559. The highest BCUT2D eigenvalue weighted by atomic mass is 35.5. The molecule has 0 spiro atoms. The highest BCUT2D eigenvalue weighted by Crippen LogP contribution is 2.13. The van der Waals surface area contributed by atoms with E-state index in [1.54, 1.807) is 0 Å². The Morgan fingerprint density at radius 2 is 2.20 bits per heavy atom. The highest BCUT2D eigenvalue weighted by Gasteiger charge is 2.15. The predicted octanol–water partition coefficient (Wildman–Crippen LogP) is 2.15. The topological polar surface area (TPSA) is 12.0 Å². The van der Waals surface area contributed by atoms with Gasteiger partial charge < -0.3 is 5.32 Å². The summed E-state index contributed by atoms with van der Waals surface area (Å²) in [5.74, 6) is 0. The Kier molecular flexibility index (Phi) is 3.50.